The number of halogens is 1. The monoisotopic (exact) mass is 352 g/mol. The SMILES string of the molecule is Cl.N=C(N)c1ccc(-c2ccc(-c3ccc(C(=N)N)nc3)cn2)cc1. The number of aromatic nitrogens is 2. The highest BCUT2D eigenvalue weighted by molar-refractivity contribution is 5.95. The molecule has 3 aromatic rings. The van der Waals surface area contributed by atoms with Crippen LogP contribution in [-0.2, 0) is 0 Å². The Bertz CT molecular complexity index is 810. The van der Waals surface area contributed by atoms with E-state index in [-0.39, 0.29) is 24.1 Å². The molecule has 0 amide bonds. The molecule has 25 heavy (non-hydrogen) atoms. The lowest BCUT2D eigenvalue weighted by atomic mass is 10.1. The number of nitrogens with two attached hydrogens (primary N) is 2. The van der Waals surface area contributed by atoms with E-state index in [2.05, 4.69) is 9.97 Å². The van der Waals surface area contributed by atoms with Crippen LogP contribution in [0.4, 0.5) is 0 Å². The Hall–Kier alpha value is -3.25. The molecule has 0 atom stereocenters. The Morgan fingerprint density at radius 1 is 0.680 bits per heavy atom. The zero-order chi connectivity index (χ0) is 17.1. The highest BCUT2D eigenvalue weighted by Gasteiger charge is 2.04. The van der Waals surface area contributed by atoms with Gasteiger partial charge in [-0.05, 0) is 12.1 Å². The highest BCUT2D eigenvalue weighted by atomic mass is 35.5. The maximum Gasteiger partial charge on any atom is 0.141 e. The van der Waals surface area contributed by atoms with Gasteiger partial charge in [0, 0.05) is 34.6 Å². The summed E-state index contributed by atoms with van der Waals surface area (Å²) in [6, 6.07) is 14.9. The van der Waals surface area contributed by atoms with E-state index in [0.717, 1.165) is 22.4 Å². The molecule has 0 unspecified atom stereocenters. The van der Waals surface area contributed by atoms with Crippen molar-refractivity contribution in [2.75, 3.05) is 0 Å². The summed E-state index contributed by atoms with van der Waals surface area (Å²) in [6.45, 7) is 0. The van der Waals surface area contributed by atoms with E-state index in [1.807, 2.05) is 30.3 Å². The topological polar surface area (TPSA) is 126 Å². The molecule has 7 heteroatoms. The molecule has 2 heterocycles. The number of pyridine rings is 2. The van der Waals surface area contributed by atoms with Crippen molar-refractivity contribution in [2.45, 2.75) is 0 Å². The number of nitrogen functional groups attached to an aromatic ring is 2. The maximum atomic E-state index is 7.41. The van der Waals surface area contributed by atoms with Gasteiger partial charge >= 0.3 is 0 Å². The van der Waals surface area contributed by atoms with Gasteiger partial charge in [0.05, 0.1) is 5.69 Å². The fraction of sp³-hybridized carbons (Fsp3) is 0. The molecule has 0 aliphatic carbocycles. The molecule has 0 bridgehead atoms. The van der Waals surface area contributed by atoms with Crippen LogP contribution >= 0.6 is 12.4 Å². The second-order valence-electron chi connectivity index (χ2n) is 5.27. The molecule has 0 spiro atoms. The quantitative estimate of drug-likeness (QED) is 0.425. The third-order valence-electron chi connectivity index (χ3n) is 3.63. The molecule has 0 saturated heterocycles. The first-order valence-electron chi connectivity index (χ1n) is 7.26. The lowest BCUT2D eigenvalue weighted by Crippen LogP contribution is -2.12. The molecule has 3 rings (SSSR count). The van der Waals surface area contributed by atoms with Crippen LogP contribution < -0.4 is 11.5 Å². The highest BCUT2D eigenvalue weighted by Crippen LogP contribution is 2.22. The molecular weight excluding hydrogens is 336 g/mol. The van der Waals surface area contributed by atoms with Crippen LogP contribution in [0.25, 0.3) is 22.4 Å². The van der Waals surface area contributed by atoms with Crippen molar-refractivity contribution in [3.63, 3.8) is 0 Å². The number of hydrogen-bond donors (Lipinski definition) is 4. The van der Waals surface area contributed by atoms with Crippen LogP contribution in [0.2, 0.25) is 0 Å². The van der Waals surface area contributed by atoms with E-state index in [0.29, 0.717) is 11.3 Å². The lowest BCUT2D eigenvalue weighted by molar-refractivity contribution is 1.25. The van der Waals surface area contributed by atoms with Crippen molar-refractivity contribution in [3.8, 4) is 22.4 Å². The number of nitrogens with one attached hydrogen (secondary N) is 2. The van der Waals surface area contributed by atoms with Crippen LogP contribution in [0.3, 0.4) is 0 Å². The van der Waals surface area contributed by atoms with Crippen LogP contribution in [-0.4, -0.2) is 21.6 Å². The van der Waals surface area contributed by atoms with E-state index in [9.17, 15) is 0 Å². The second kappa shape index (κ2) is 7.55. The molecule has 6 N–H and O–H groups in total. The van der Waals surface area contributed by atoms with Gasteiger partial charge in [0.25, 0.3) is 0 Å². The van der Waals surface area contributed by atoms with Crippen molar-refractivity contribution in [3.05, 3.63) is 72.2 Å². The molecule has 0 saturated carbocycles. The predicted molar refractivity (Wildman–Crippen MR) is 102 cm³/mol. The number of rotatable bonds is 4. The normalized spacial score (nSPS) is 9.92. The van der Waals surface area contributed by atoms with Crippen LogP contribution in [0, 0.1) is 10.8 Å². The first-order valence-corrected chi connectivity index (χ1v) is 7.26. The van der Waals surface area contributed by atoms with Crippen LogP contribution in [0.15, 0.2) is 60.9 Å². The molecule has 0 radical (unpaired) electrons. The van der Waals surface area contributed by atoms with E-state index >= 15 is 0 Å². The largest absolute Gasteiger partial charge is 0.384 e. The number of benzene rings is 1. The molecule has 0 aliphatic rings. The fourth-order valence-corrected chi connectivity index (χ4v) is 2.28. The van der Waals surface area contributed by atoms with Crippen molar-refractivity contribution >= 4 is 24.1 Å². The molecule has 0 aliphatic heterocycles. The van der Waals surface area contributed by atoms with Gasteiger partial charge in [-0.2, -0.15) is 0 Å². The third kappa shape index (κ3) is 3.99. The van der Waals surface area contributed by atoms with Crippen molar-refractivity contribution in [2.24, 2.45) is 11.5 Å². The standard InChI is InChI=1S/C18H16N6.ClH/c19-17(20)12-3-1-11(2-4-12)15-7-5-13(9-23-15)14-6-8-16(18(21)22)24-10-14;/h1-10H,(H3,19,20)(H3,21,22);1H. The van der Waals surface area contributed by atoms with Gasteiger partial charge in [-0.3, -0.25) is 20.8 Å². The average Bonchev–Trinajstić information content (AvgIpc) is 2.62. The number of nitrogens with zero attached hydrogens (tertiary/aromatic N) is 2. The van der Waals surface area contributed by atoms with E-state index in [1.54, 1.807) is 30.6 Å². The molecule has 2 aromatic heterocycles. The summed E-state index contributed by atoms with van der Waals surface area (Å²) < 4.78 is 0. The van der Waals surface area contributed by atoms with Crippen LogP contribution in [0.5, 0.6) is 0 Å². The summed E-state index contributed by atoms with van der Waals surface area (Å²) in [5, 5.41) is 14.8. The predicted octanol–water partition coefficient (Wildman–Crippen LogP) is 2.80. The first-order chi connectivity index (χ1) is 11.5. The minimum atomic E-state index is -0.0518. The Balaban J connectivity index is 0.00000225. The molecule has 126 valence electrons. The third-order valence-corrected chi connectivity index (χ3v) is 3.63. The van der Waals surface area contributed by atoms with Gasteiger partial charge in [0.2, 0.25) is 0 Å². The van der Waals surface area contributed by atoms with Gasteiger partial charge in [-0.15, -0.1) is 12.4 Å². The number of hydrogen-bond acceptors (Lipinski definition) is 4. The number of amidine groups is 2. The van der Waals surface area contributed by atoms with Gasteiger partial charge in [-0.1, -0.05) is 36.4 Å². The van der Waals surface area contributed by atoms with Crippen molar-refractivity contribution in [1.82, 2.24) is 9.97 Å². The minimum Gasteiger partial charge on any atom is -0.384 e. The van der Waals surface area contributed by atoms with Gasteiger partial charge in [0.1, 0.15) is 17.4 Å². The minimum absolute atomic E-state index is 0. The molecule has 0 fully saturated rings. The molecule has 6 nitrogen and oxygen atoms in total. The molecular formula is C18H17ClN6. The molecule has 1 aromatic carbocycles. The second-order valence-corrected chi connectivity index (χ2v) is 5.27. The first kappa shape index (κ1) is 18.1. The zero-order valence-electron chi connectivity index (χ0n) is 13.2. The van der Waals surface area contributed by atoms with E-state index in [4.69, 9.17) is 22.3 Å². The van der Waals surface area contributed by atoms with Gasteiger partial charge in [-0.25, -0.2) is 0 Å². The summed E-state index contributed by atoms with van der Waals surface area (Å²) in [5.41, 5.74) is 15.6. The Morgan fingerprint density at radius 3 is 1.68 bits per heavy atom. The summed E-state index contributed by atoms with van der Waals surface area (Å²) in [5.74, 6) is -0.00426. The average molecular weight is 353 g/mol. The van der Waals surface area contributed by atoms with E-state index in [1.165, 1.54) is 0 Å². The smallest absolute Gasteiger partial charge is 0.141 e. The summed E-state index contributed by atoms with van der Waals surface area (Å²) in [7, 11) is 0. The lowest BCUT2D eigenvalue weighted by Gasteiger charge is -2.06. The Kier molecular flexibility index (Phi) is 5.46. The Morgan fingerprint density at radius 2 is 1.24 bits per heavy atom. The van der Waals surface area contributed by atoms with Crippen LogP contribution in [0.1, 0.15) is 11.3 Å². The van der Waals surface area contributed by atoms with Crippen molar-refractivity contribution < 1.29 is 0 Å². The van der Waals surface area contributed by atoms with Gasteiger partial charge < -0.3 is 11.5 Å². The summed E-state index contributed by atoms with van der Waals surface area (Å²) in [4.78, 5) is 8.63. The maximum absolute atomic E-state index is 7.41. The summed E-state index contributed by atoms with van der Waals surface area (Å²) in [6.07, 6.45) is 3.45. The van der Waals surface area contributed by atoms with E-state index < -0.39 is 0 Å². The van der Waals surface area contributed by atoms with Gasteiger partial charge in [0.15, 0.2) is 0 Å². The summed E-state index contributed by atoms with van der Waals surface area (Å²) >= 11 is 0. The zero-order valence-corrected chi connectivity index (χ0v) is 14.0. The fourth-order valence-electron chi connectivity index (χ4n) is 2.28. The Labute approximate surface area is 151 Å². The van der Waals surface area contributed by atoms with Crippen molar-refractivity contribution in [1.29, 1.82) is 10.8 Å².